The number of hydrogen-bond acceptors (Lipinski definition) is 4. The lowest BCUT2D eigenvalue weighted by molar-refractivity contribution is -0.144. The third-order valence-corrected chi connectivity index (χ3v) is 4.95. The topological polar surface area (TPSA) is 79.3 Å². The summed E-state index contributed by atoms with van der Waals surface area (Å²) in [4.78, 5) is 27.9. The van der Waals surface area contributed by atoms with Crippen LogP contribution in [0.1, 0.15) is 26.5 Å². The minimum Gasteiger partial charge on any atom is -0.480 e. The zero-order chi connectivity index (χ0) is 18.8. The van der Waals surface area contributed by atoms with Gasteiger partial charge in [-0.2, -0.15) is 0 Å². The van der Waals surface area contributed by atoms with Crippen molar-refractivity contribution in [3.8, 4) is 10.6 Å². The summed E-state index contributed by atoms with van der Waals surface area (Å²) in [7, 11) is 0. The molecule has 2 rings (SSSR count). The molecule has 0 aliphatic heterocycles. The van der Waals surface area contributed by atoms with Crippen LogP contribution < -0.4 is 5.32 Å². The van der Waals surface area contributed by atoms with E-state index in [-0.39, 0.29) is 12.3 Å². The van der Waals surface area contributed by atoms with E-state index in [4.69, 9.17) is 23.2 Å². The molecule has 0 fully saturated rings. The number of halogens is 2. The standard InChI is InChI=1S/C17H18Cl2N2O3S/c1-17(2,3)14(16(23)24)21-13(22)7-10-8-25-15(20-10)11-5-4-9(18)6-12(11)19/h4-6,8,14H,7H2,1-3H3,(H,21,22)(H,23,24)/t14-/m1/s1. The van der Waals surface area contributed by atoms with Crippen molar-refractivity contribution in [2.75, 3.05) is 0 Å². The van der Waals surface area contributed by atoms with E-state index in [9.17, 15) is 14.7 Å². The molecular formula is C17H18Cl2N2O3S. The Bertz CT molecular complexity index is 799. The molecule has 0 saturated heterocycles. The summed E-state index contributed by atoms with van der Waals surface area (Å²) >= 11 is 13.4. The third kappa shape index (κ3) is 5.17. The number of carbonyl (C=O) groups is 2. The molecule has 0 spiro atoms. The fourth-order valence-corrected chi connectivity index (χ4v) is 3.61. The normalized spacial score (nSPS) is 12.7. The SMILES string of the molecule is CC(C)(C)[C@H](NC(=O)Cc1csc(-c2ccc(Cl)cc2Cl)n1)C(=O)O. The number of rotatable bonds is 5. The third-order valence-electron chi connectivity index (χ3n) is 3.47. The molecule has 0 aliphatic rings. The average molecular weight is 401 g/mol. The molecule has 1 aromatic carbocycles. The first-order valence-corrected chi connectivity index (χ1v) is 9.13. The van der Waals surface area contributed by atoms with Gasteiger partial charge in [-0.25, -0.2) is 9.78 Å². The van der Waals surface area contributed by atoms with Crippen LogP contribution in [-0.4, -0.2) is 28.0 Å². The number of amides is 1. The molecule has 1 aromatic heterocycles. The summed E-state index contributed by atoms with van der Waals surface area (Å²) in [6.45, 7) is 5.28. The summed E-state index contributed by atoms with van der Waals surface area (Å²) in [6.07, 6.45) is 0.00156. The molecule has 5 nitrogen and oxygen atoms in total. The molecule has 0 bridgehead atoms. The van der Waals surface area contributed by atoms with Crippen molar-refractivity contribution >= 4 is 46.4 Å². The summed E-state index contributed by atoms with van der Waals surface area (Å²) in [6, 6.07) is 4.15. The number of aliphatic carboxylic acids is 1. The van der Waals surface area contributed by atoms with Crippen molar-refractivity contribution in [1.82, 2.24) is 10.3 Å². The van der Waals surface area contributed by atoms with E-state index in [1.54, 1.807) is 44.4 Å². The Morgan fingerprint density at radius 1 is 1.32 bits per heavy atom. The van der Waals surface area contributed by atoms with Crippen LogP contribution in [0.25, 0.3) is 10.6 Å². The number of thiazole rings is 1. The summed E-state index contributed by atoms with van der Waals surface area (Å²) in [5.74, 6) is -1.45. The Morgan fingerprint density at radius 3 is 2.56 bits per heavy atom. The Kier molecular flexibility index (Phi) is 6.08. The van der Waals surface area contributed by atoms with Crippen molar-refractivity contribution in [2.24, 2.45) is 5.41 Å². The van der Waals surface area contributed by atoms with E-state index in [2.05, 4.69) is 10.3 Å². The molecule has 134 valence electrons. The minimum absolute atomic E-state index is 0.00156. The van der Waals surface area contributed by atoms with Crippen molar-refractivity contribution in [3.05, 3.63) is 39.3 Å². The minimum atomic E-state index is -1.06. The fourth-order valence-electron chi connectivity index (χ4n) is 2.20. The lowest BCUT2D eigenvalue weighted by atomic mass is 9.86. The highest BCUT2D eigenvalue weighted by molar-refractivity contribution is 7.13. The Hall–Kier alpha value is -1.63. The monoisotopic (exact) mass is 400 g/mol. The van der Waals surface area contributed by atoms with Crippen LogP contribution >= 0.6 is 34.5 Å². The predicted molar refractivity (Wildman–Crippen MR) is 100 cm³/mol. The maximum Gasteiger partial charge on any atom is 0.326 e. The smallest absolute Gasteiger partial charge is 0.326 e. The number of aromatic nitrogens is 1. The first kappa shape index (κ1) is 19.7. The average Bonchev–Trinajstić information content (AvgIpc) is 2.91. The van der Waals surface area contributed by atoms with Crippen LogP contribution in [0.5, 0.6) is 0 Å². The molecule has 0 radical (unpaired) electrons. The number of carbonyl (C=O) groups excluding carboxylic acids is 1. The highest BCUT2D eigenvalue weighted by Gasteiger charge is 2.32. The first-order valence-electron chi connectivity index (χ1n) is 7.50. The number of nitrogens with one attached hydrogen (secondary N) is 1. The van der Waals surface area contributed by atoms with Gasteiger partial charge in [-0.1, -0.05) is 44.0 Å². The van der Waals surface area contributed by atoms with Gasteiger partial charge in [0.15, 0.2) is 0 Å². The number of carboxylic acids is 1. The molecule has 1 amide bonds. The van der Waals surface area contributed by atoms with Gasteiger partial charge in [0.05, 0.1) is 17.1 Å². The predicted octanol–water partition coefficient (Wildman–Crippen LogP) is 4.27. The summed E-state index contributed by atoms with van der Waals surface area (Å²) < 4.78 is 0. The van der Waals surface area contributed by atoms with Gasteiger partial charge < -0.3 is 10.4 Å². The fraction of sp³-hybridized carbons (Fsp3) is 0.353. The second kappa shape index (κ2) is 7.72. The molecule has 0 aliphatic carbocycles. The van der Waals surface area contributed by atoms with Gasteiger partial charge >= 0.3 is 5.97 Å². The van der Waals surface area contributed by atoms with Gasteiger partial charge in [0.25, 0.3) is 0 Å². The van der Waals surface area contributed by atoms with Gasteiger partial charge in [0, 0.05) is 16.0 Å². The van der Waals surface area contributed by atoms with Gasteiger partial charge in [0.2, 0.25) is 5.91 Å². The number of hydrogen-bond donors (Lipinski definition) is 2. The van der Waals surface area contributed by atoms with Crippen LogP contribution in [0.15, 0.2) is 23.6 Å². The zero-order valence-electron chi connectivity index (χ0n) is 14.0. The maximum absolute atomic E-state index is 12.2. The Morgan fingerprint density at radius 2 is 2.00 bits per heavy atom. The van der Waals surface area contributed by atoms with Crippen molar-refractivity contribution in [2.45, 2.75) is 33.2 Å². The highest BCUT2D eigenvalue weighted by Crippen LogP contribution is 2.32. The maximum atomic E-state index is 12.2. The summed E-state index contributed by atoms with van der Waals surface area (Å²) in [5, 5.41) is 15.3. The van der Waals surface area contributed by atoms with E-state index in [0.717, 1.165) is 5.56 Å². The van der Waals surface area contributed by atoms with Crippen molar-refractivity contribution < 1.29 is 14.7 Å². The zero-order valence-corrected chi connectivity index (χ0v) is 16.3. The molecule has 25 heavy (non-hydrogen) atoms. The Labute approximate surface area is 160 Å². The van der Waals surface area contributed by atoms with Crippen LogP contribution in [0, 0.1) is 5.41 Å². The quantitative estimate of drug-likeness (QED) is 0.784. The van der Waals surface area contributed by atoms with Crippen LogP contribution in [0.4, 0.5) is 0 Å². The van der Waals surface area contributed by atoms with E-state index >= 15 is 0 Å². The van der Waals surface area contributed by atoms with Gasteiger partial charge in [-0.15, -0.1) is 11.3 Å². The molecule has 2 aromatic rings. The van der Waals surface area contributed by atoms with Crippen molar-refractivity contribution in [1.29, 1.82) is 0 Å². The van der Waals surface area contributed by atoms with Crippen LogP contribution in [0.3, 0.4) is 0 Å². The van der Waals surface area contributed by atoms with E-state index < -0.39 is 17.4 Å². The lowest BCUT2D eigenvalue weighted by Gasteiger charge is -2.27. The van der Waals surface area contributed by atoms with Crippen LogP contribution in [-0.2, 0) is 16.0 Å². The second-order valence-corrected chi connectivity index (χ2v) is 8.35. The van der Waals surface area contributed by atoms with E-state index in [1.165, 1.54) is 11.3 Å². The van der Waals surface area contributed by atoms with Crippen LogP contribution in [0.2, 0.25) is 10.0 Å². The molecule has 8 heteroatoms. The molecule has 1 heterocycles. The lowest BCUT2D eigenvalue weighted by Crippen LogP contribution is -2.49. The highest BCUT2D eigenvalue weighted by atomic mass is 35.5. The molecule has 2 N–H and O–H groups in total. The van der Waals surface area contributed by atoms with Gasteiger partial charge in [-0.05, 0) is 23.6 Å². The summed E-state index contributed by atoms with van der Waals surface area (Å²) in [5.41, 5.74) is 0.702. The molecule has 1 atom stereocenters. The molecular weight excluding hydrogens is 383 g/mol. The largest absolute Gasteiger partial charge is 0.480 e. The van der Waals surface area contributed by atoms with E-state index in [0.29, 0.717) is 20.7 Å². The molecule has 0 unspecified atom stereocenters. The van der Waals surface area contributed by atoms with E-state index in [1.807, 2.05) is 0 Å². The number of benzene rings is 1. The molecule has 0 saturated carbocycles. The second-order valence-electron chi connectivity index (χ2n) is 6.65. The number of nitrogens with zero attached hydrogens (tertiary/aromatic N) is 1. The van der Waals surface area contributed by atoms with Gasteiger partial charge in [-0.3, -0.25) is 4.79 Å². The number of carboxylic acid groups (broad SMARTS) is 1. The van der Waals surface area contributed by atoms with Crippen molar-refractivity contribution in [3.63, 3.8) is 0 Å². The Balaban J connectivity index is 2.10. The van der Waals surface area contributed by atoms with Gasteiger partial charge in [0.1, 0.15) is 11.0 Å². The first-order chi connectivity index (χ1) is 11.6.